The first kappa shape index (κ1) is 15.5. The Morgan fingerprint density at radius 2 is 1.93 bits per heavy atom. The van der Waals surface area contributed by atoms with Crippen LogP contribution in [0.5, 0.6) is 0 Å². The zero-order valence-corrected chi connectivity index (χ0v) is 12.5. The van der Waals surface area contributed by atoms with Crippen molar-refractivity contribution in [2.45, 2.75) is 58.7 Å². The molecule has 0 rings (SSSR count). The van der Waals surface area contributed by atoms with E-state index in [1.807, 2.05) is 0 Å². The van der Waals surface area contributed by atoms with Crippen molar-refractivity contribution in [2.75, 3.05) is 12.4 Å². The van der Waals surface area contributed by atoms with Gasteiger partial charge in [-0.15, -0.1) is 0 Å². The minimum atomic E-state index is -1.88. The Morgan fingerprint density at radius 3 is 2.40 bits per heavy atom. The second-order valence-electron chi connectivity index (χ2n) is 4.26. The summed E-state index contributed by atoms with van der Waals surface area (Å²) in [5, 5.41) is 0. The van der Waals surface area contributed by atoms with E-state index >= 15 is 0 Å². The van der Waals surface area contributed by atoms with E-state index in [0.29, 0.717) is 6.10 Å². The van der Waals surface area contributed by atoms with E-state index < -0.39 is 8.56 Å². The molecule has 92 valence electrons. The number of thiol groups is 1. The van der Waals surface area contributed by atoms with Gasteiger partial charge in [0.2, 0.25) is 0 Å². The van der Waals surface area contributed by atoms with Crippen LogP contribution in [-0.2, 0) is 8.85 Å². The van der Waals surface area contributed by atoms with Gasteiger partial charge < -0.3 is 8.85 Å². The van der Waals surface area contributed by atoms with Gasteiger partial charge in [0.1, 0.15) is 0 Å². The summed E-state index contributed by atoms with van der Waals surface area (Å²) in [6.45, 7) is 9.39. The lowest BCUT2D eigenvalue weighted by Crippen LogP contribution is -2.39. The third-order valence-corrected chi connectivity index (χ3v) is 4.36. The zero-order chi connectivity index (χ0) is 11.7. The molecule has 0 radical (unpaired) electrons. The van der Waals surface area contributed by atoms with Crippen LogP contribution in [0, 0.1) is 0 Å². The maximum absolute atomic E-state index is 6.07. The lowest BCUT2D eigenvalue weighted by atomic mass is 10.2. The maximum atomic E-state index is 6.07. The van der Waals surface area contributed by atoms with Crippen LogP contribution in [0.4, 0.5) is 0 Å². The molecule has 0 aliphatic heterocycles. The van der Waals surface area contributed by atoms with E-state index in [4.69, 9.17) is 8.85 Å². The predicted octanol–water partition coefficient (Wildman–Crippen LogP) is 3.62. The first-order chi connectivity index (χ1) is 7.05. The highest BCUT2D eigenvalue weighted by atomic mass is 32.1. The van der Waals surface area contributed by atoms with Crippen molar-refractivity contribution in [2.24, 2.45) is 0 Å². The average molecular weight is 250 g/mol. The fourth-order valence-corrected chi connectivity index (χ4v) is 3.48. The van der Waals surface area contributed by atoms with Crippen LogP contribution in [0.3, 0.4) is 0 Å². The third kappa shape index (κ3) is 8.31. The number of hydrogen-bond donors (Lipinski definition) is 1. The third-order valence-electron chi connectivity index (χ3n) is 2.24. The van der Waals surface area contributed by atoms with Crippen molar-refractivity contribution in [3.63, 3.8) is 0 Å². The van der Waals surface area contributed by atoms with Gasteiger partial charge in [0.25, 0.3) is 0 Å². The Kier molecular flexibility index (Phi) is 8.90. The lowest BCUT2D eigenvalue weighted by Gasteiger charge is -2.28. The first-order valence-corrected chi connectivity index (χ1v) is 9.43. The van der Waals surface area contributed by atoms with Crippen molar-refractivity contribution >= 4 is 21.2 Å². The van der Waals surface area contributed by atoms with Crippen LogP contribution in [0.1, 0.15) is 39.5 Å². The summed E-state index contributed by atoms with van der Waals surface area (Å²) in [7, 11) is -1.88. The van der Waals surface area contributed by atoms with E-state index in [1.54, 1.807) is 0 Å². The van der Waals surface area contributed by atoms with E-state index in [-0.39, 0.29) is 0 Å². The second-order valence-corrected chi connectivity index (χ2v) is 8.03. The van der Waals surface area contributed by atoms with Gasteiger partial charge in [-0.2, -0.15) is 12.6 Å². The minimum Gasteiger partial charge on any atom is -0.395 e. The molecule has 0 aliphatic rings. The molecular formula is C11H26O2SSi. The molecule has 0 aliphatic carbocycles. The molecule has 0 aromatic carbocycles. The molecule has 0 spiro atoms. The maximum Gasteiger partial charge on any atom is 0.331 e. The van der Waals surface area contributed by atoms with Crippen molar-refractivity contribution in [1.29, 1.82) is 0 Å². The van der Waals surface area contributed by atoms with Crippen LogP contribution in [-0.4, -0.2) is 27.0 Å². The van der Waals surface area contributed by atoms with E-state index in [0.717, 1.165) is 38.0 Å². The van der Waals surface area contributed by atoms with E-state index in [2.05, 4.69) is 39.6 Å². The summed E-state index contributed by atoms with van der Waals surface area (Å²) in [5.74, 6) is 0.942. The number of rotatable bonds is 9. The highest BCUT2D eigenvalue weighted by molar-refractivity contribution is 7.80. The normalized spacial score (nSPS) is 14.2. The topological polar surface area (TPSA) is 18.5 Å². The molecule has 0 bridgehead atoms. The van der Waals surface area contributed by atoms with Crippen LogP contribution in [0.25, 0.3) is 0 Å². The van der Waals surface area contributed by atoms with Crippen molar-refractivity contribution in [1.82, 2.24) is 0 Å². The summed E-state index contributed by atoms with van der Waals surface area (Å²) in [6.07, 6.45) is 4.72. The average Bonchev–Trinajstić information content (AvgIpc) is 2.21. The quantitative estimate of drug-likeness (QED) is 0.498. The van der Waals surface area contributed by atoms with Crippen molar-refractivity contribution < 1.29 is 8.85 Å². The minimum absolute atomic E-state index is 0.357. The Balaban J connectivity index is 3.90. The summed E-state index contributed by atoms with van der Waals surface area (Å²) in [5.41, 5.74) is 0. The molecule has 0 amide bonds. The van der Waals surface area contributed by atoms with Gasteiger partial charge in [-0.05, 0) is 44.5 Å². The van der Waals surface area contributed by atoms with Gasteiger partial charge in [-0.1, -0.05) is 13.8 Å². The van der Waals surface area contributed by atoms with E-state index in [9.17, 15) is 0 Å². The summed E-state index contributed by atoms with van der Waals surface area (Å²) >= 11 is 4.23. The lowest BCUT2D eigenvalue weighted by molar-refractivity contribution is 0.111. The Labute approximate surface area is 101 Å². The molecule has 0 aromatic heterocycles. The number of hydrogen-bond acceptors (Lipinski definition) is 3. The summed E-state index contributed by atoms with van der Waals surface area (Å²) in [4.78, 5) is 0. The van der Waals surface area contributed by atoms with Gasteiger partial charge in [-0.3, -0.25) is 0 Å². The largest absolute Gasteiger partial charge is 0.395 e. The van der Waals surface area contributed by atoms with Crippen LogP contribution in [0.2, 0.25) is 13.1 Å². The van der Waals surface area contributed by atoms with Crippen LogP contribution < -0.4 is 0 Å². The monoisotopic (exact) mass is 250 g/mol. The smallest absolute Gasteiger partial charge is 0.331 e. The Bertz CT molecular complexity index is 154. The van der Waals surface area contributed by atoms with Gasteiger partial charge in [0, 0.05) is 12.7 Å². The molecule has 0 N–H and O–H groups in total. The van der Waals surface area contributed by atoms with Gasteiger partial charge in [0.15, 0.2) is 0 Å². The molecule has 0 saturated carbocycles. The molecule has 0 fully saturated rings. The van der Waals surface area contributed by atoms with Crippen molar-refractivity contribution in [3.8, 4) is 0 Å². The summed E-state index contributed by atoms with van der Waals surface area (Å²) in [6, 6.07) is 0. The highest BCUT2D eigenvalue weighted by Crippen LogP contribution is 2.16. The van der Waals surface area contributed by atoms with Crippen molar-refractivity contribution in [3.05, 3.63) is 0 Å². The molecule has 0 saturated heterocycles. The zero-order valence-electron chi connectivity index (χ0n) is 10.6. The fourth-order valence-electron chi connectivity index (χ4n) is 1.45. The molecule has 1 unspecified atom stereocenters. The standard InChI is InChI=1S/C11H26O2SSi/c1-5-9-12-15(3,4)13-11(6-2)8-7-10-14/h11,14H,5-10H2,1-4H3. The Morgan fingerprint density at radius 1 is 1.27 bits per heavy atom. The van der Waals surface area contributed by atoms with Crippen LogP contribution in [0.15, 0.2) is 0 Å². The molecule has 0 heterocycles. The van der Waals surface area contributed by atoms with Crippen LogP contribution >= 0.6 is 12.6 Å². The van der Waals surface area contributed by atoms with E-state index in [1.165, 1.54) is 0 Å². The first-order valence-electron chi connectivity index (χ1n) is 5.98. The molecule has 1 atom stereocenters. The van der Waals surface area contributed by atoms with Gasteiger partial charge in [0.05, 0.1) is 0 Å². The molecule has 4 heteroatoms. The van der Waals surface area contributed by atoms with Gasteiger partial charge >= 0.3 is 8.56 Å². The SMILES string of the molecule is CCCO[Si](C)(C)OC(CC)CCCS. The fraction of sp³-hybridized carbons (Fsp3) is 1.00. The molecule has 15 heavy (non-hydrogen) atoms. The molecule has 2 nitrogen and oxygen atoms in total. The predicted molar refractivity (Wildman–Crippen MR) is 72.0 cm³/mol. The Hall–Kier alpha value is 0.487. The molecule has 0 aromatic rings. The summed E-state index contributed by atoms with van der Waals surface area (Å²) < 4.78 is 11.9. The second kappa shape index (κ2) is 8.62. The van der Waals surface area contributed by atoms with Gasteiger partial charge in [-0.25, -0.2) is 0 Å². The molecular weight excluding hydrogens is 224 g/mol. The highest BCUT2D eigenvalue weighted by Gasteiger charge is 2.27.